The number of rotatable bonds is 4. The van der Waals surface area contributed by atoms with Crippen LogP contribution in [0.2, 0.25) is 0 Å². The van der Waals surface area contributed by atoms with Crippen molar-refractivity contribution >= 4 is 11.6 Å². The van der Waals surface area contributed by atoms with Crippen LogP contribution in [0.4, 0.5) is 5.69 Å². The van der Waals surface area contributed by atoms with E-state index in [4.69, 9.17) is 9.47 Å². The fourth-order valence-electron chi connectivity index (χ4n) is 2.66. The second-order valence-electron chi connectivity index (χ2n) is 5.46. The van der Waals surface area contributed by atoms with E-state index in [1.807, 2.05) is 12.1 Å². The van der Waals surface area contributed by atoms with Gasteiger partial charge >= 0.3 is 0 Å². The number of piperazine rings is 1. The lowest BCUT2D eigenvalue weighted by Crippen LogP contribution is -2.50. The van der Waals surface area contributed by atoms with E-state index in [0.717, 1.165) is 37.6 Å². The van der Waals surface area contributed by atoms with Gasteiger partial charge in [-0.15, -0.1) is 0 Å². The maximum atomic E-state index is 12.0. The predicted molar refractivity (Wildman–Crippen MR) is 79.7 cm³/mol. The lowest BCUT2D eigenvalue weighted by Gasteiger charge is -2.33. The molecule has 6 heteroatoms. The Morgan fingerprint density at radius 2 is 2.29 bits per heavy atom. The Labute approximate surface area is 124 Å². The number of carbonyl (C=O) groups excluding carboxylic acids is 1. The SMILES string of the molecule is C[C@@H]1CNCCN1CCC(=O)Nc1ccc2c(c1)OCO2. The van der Waals surface area contributed by atoms with Gasteiger partial charge in [0.05, 0.1) is 0 Å². The van der Waals surface area contributed by atoms with Gasteiger partial charge in [-0.05, 0) is 19.1 Å². The minimum absolute atomic E-state index is 0.0274. The largest absolute Gasteiger partial charge is 0.454 e. The van der Waals surface area contributed by atoms with Crippen LogP contribution in [0.3, 0.4) is 0 Å². The molecule has 2 N–H and O–H groups in total. The van der Waals surface area contributed by atoms with Crippen molar-refractivity contribution in [1.82, 2.24) is 10.2 Å². The summed E-state index contributed by atoms with van der Waals surface area (Å²) in [6.07, 6.45) is 0.499. The Morgan fingerprint density at radius 3 is 3.14 bits per heavy atom. The molecule has 1 aromatic carbocycles. The van der Waals surface area contributed by atoms with Crippen molar-refractivity contribution in [2.45, 2.75) is 19.4 Å². The number of fused-ring (bicyclic) bond motifs is 1. The molecular weight excluding hydrogens is 270 g/mol. The average molecular weight is 291 g/mol. The Bertz CT molecular complexity index is 521. The van der Waals surface area contributed by atoms with E-state index < -0.39 is 0 Å². The second-order valence-corrected chi connectivity index (χ2v) is 5.46. The quantitative estimate of drug-likeness (QED) is 0.868. The van der Waals surface area contributed by atoms with Crippen LogP contribution >= 0.6 is 0 Å². The first-order valence-electron chi connectivity index (χ1n) is 7.36. The molecule has 6 nitrogen and oxygen atoms in total. The summed E-state index contributed by atoms with van der Waals surface area (Å²) in [5.41, 5.74) is 0.748. The first kappa shape index (κ1) is 14.2. The molecule has 0 bridgehead atoms. The third-order valence-corrected chi connectivity index (χ3v) is 3.92. The predicted octanol–water partition coefficient (Wildman–Crippen LogP) is 1.04. The van der Waals surface area contributed by atoms with Crippen LogP contribution in [0.5, 0.6) is 11.5 Å². The summed E-state index contributed by atoms with van der Waals surface area (Å²) in [6.45, 7) is 6.20. The maximum absolute atomic E-state index is 12.0. The fourth-order valence-corrected chi connectivity index (χ4v) is 2.66. The molecule has 0 spiro atoms. The van der Waals surface area contributed by atoms with E-state index in [1.165, 1.54) is 0 Å². The summed E-state index contributed by atoms with van der Waals surface area (Å²) in [5.74, 6) is 1.44. The first-order valence-corrected chi connectivity index (χ1v) is 7.36. The number of hydrogen-bond donors (Lipinski definition) is 2. The molecule has 2 aliphatic heterocycles. The Morgan fingerprint density at radius 1 is 1.43 bits per heavy atom. The lowest BCUT2D eigenvalue weighted by atomic mass is 10.2. The van der Waals surface area contributed by atoms with E-state index in [2.05, 4.69) is 22.5 Å². The summed E-state index contributed by atoms with van der Waals surface area (Å²) < 4.78 is 10.6. The van der Waals surface area contributed by atoms with Crippen LogP contribution in [0, 0.1) is 0 Å². The van der Waals surface area contributed by atoms with E-state index in [0.29, 0.717) is 18.2 Å². The normalized spacial score (nSPS) is 21.3. The summed E-state index contributed by atoms with van der Waals surface area (Å²) in [6, 6.07) is 5.93. The van der Waals surface area contributed by atoms with Crippen molar-refractivity contribution in [3.8, 4) is 11.5 Å². The number of amides is 1. The average Bonchev–Trinajstić information content (AvgIpc) is 2.94. The van der Waals surface area contributed by atoms with Crippen LogP contribution in [0.25, 0.3) is 0 Å². The minimum atomic E-state index is 0.0274. The van der Waals surface area contributed by atoms with Crippen LogP contribution < -0.4 is 20.1 Å². The third-order valence-electron chi connectivity index (χ3n) is 3.92. The van der Waals surface area contributed by atoms with E-state index >= 15 is 0 Å². The number of nitrogens with zero attached hydrogens (tertiary/aromatic N) is 1. The van der Waals surface area contributed by atoms with Crippen LogP contribution in [-0.4, -0.2) is 49.8 Å². The van der Waals surface area contributed by atoms with Gasteiger partial charge in [0.1, 0.15) is 0 Å². The molecule has 21 heavy (non-hydrogen) atoms. The number of nitrogens with one attached hydrogen (secondary N) is 2. The highest BCUT2D eigenvalue weighted by Gasteiger charge is 2.19. The summed E-state index contributed by atoms with van der Waals surface area (Å²) in [4.78, 5) is 14.4. The molecular formula is C15H21N3O3. The Hall–Kier alpha value is -1.79. The molecule has 0 saturated carbocycles. The topological polar surface area (TPSA) is 62.8 Å². The third kappa shape index (κ3) is 3.46. The van der Waals surface area contributed by atoms with Gasteiger partial charge in [-0.3, -0.25) is 9.69 Å². The molecule has 3 rings (SSSR count). The molecule has 0 radical (unpaired) electrons. The molecule has 0 unspecified atom stereocenters. The first-order chi connectivity index (χ1) is 10.2. The molecule has 0 aromatic heterocycles. The van der Waals surface area contributed by atoms with Gasteiger partial charge in [0.2, 0.25) is 12.7 Å². The smallest absolute Gasteiger partial charge is 0.231 e. The van der Waals surface area contributed by atoms with Gasteiger partial charge in [-0.1, -0.05) is 0 Å². The molecule has 1 aromatic rings. The number of ether oxygens (including phenoxy) is 2. The van der Waals surface area contributed by atoms with Crippen LogP contribution in [0.15, 0.2) is 18.2 Å². The van der Waals surface area contributed by atoms with Gasteiger partial charge in [-0.2, -0.15) is 0 Å². The summed E-state index contributed by atoms with van der Waals surface area (Å²) in [7, 11) is 0. The van der Waals surface area contributed by atoms with Crippen molar-refractivity contribution in [1.29, 1.82) is 0 Å². The van der Waals surface area contributed by atoms with Gasteiger partial charge in [0.15, 0.2) is 11.5 Å². The Kier molecular flexibility index (Phi) is 4.26. The highest BCUT2D eigenvalue weighted by atomic mass is 16.7. The fraction of sp³-hybridized carbons (Fsp3) is 0.533. The Balaban J connectivity index is 1.50. The molecule has 1 saturated heterocycles. The lowest BCUT2D eigenvalue weighted by molar-refractivity contribution is -0.116. The molecule has 1 atom stereocenters. The standard InChI is InChI=1S/C15H21N3O3/c1-11-9-16-5-7-18(11)6-4-15(19)17-12-2-3-13-14(8-12)21-10-20-13/h2-3,8,11,16H,4-7,9-10H2,1H3,(H,17,19)/t11-/m1/s1. The zero-order valence-electron chi connectivity index (χ0n) is 12.2. The second kappa shape index (κ2) is 6.32. The number of anilines is 1. The van der Waals surface area contributed by atoms with Crippen molar-refractivity contribution in [2.24, 2.45) is 0 Å². The summed E-state index contributed by atoms with van der Waals surface area (Å²) in [5, 5.41) is 6.26. The number of carbonyl (C=O) groups is 1. The van der Waals surface area contributed by atoms with Gasteiger partial charge in [0, 0.05) is 50.4 Å². The van der Waals surface area contributed by atoms with E-state index in [-0.39, 0.29) is 12.7 Å². The zero-order chi connectivity index (χ0) is 14.7. The van der Waals surface area contributed by atoms with Gasteiger partial charge < -0.3 is 20.1 Å². The number of hydrogen-bond acceptors (Lipinski definition) is 5. The molecule has 1 amide bonds. The van der Waals surface area contributed by atoms with E-state index in [9.17, 15) is 4.79 Å². The number of benzene rings is 1. The maximum Gasteiger partial charge on any atom is 0.231 e. The van der Waals surface area contributed by atoms with Crippen molar-refractivity contribution in [2.75, 3.05) is 38.3 Å². The molecule has 1 fully saturated rings. The van der Waals surface area contributed by atoms with Gasteiger partial charge in [0.25, 0.3) is 0 Å². The minimum Gasteiger partial charge on any atom is -0.454 e. The van der Waals surface area contributed by atoms with Crippen molar-refractivity contribution in [3.05, 3.63) is 18.2 Å². The van der Waals surface area contributed by atoms with Crippen molar-refractivity contribution in [3.63, 3.8) is 0 Å². The highest BCUT2D eigenvalue weighted by Crippen LogP contribution is 2.34. The monoisotopic (exact) mass is 291 g/mol. The van der Waals surface area contributed by atoms with Crippen molar-refractivity contribution < 1.29 is 14.3 Å². The van der Waals surface area contributed by atoms with E-state index in [1.54, 1.807) is 6.07 Å². The molecule has 2 aliphatic rings. The highest BCUT2D eigenvalue weighted by molar-refractivity contribution is 5.91. The zero-order valence-corrected chi connectivity index (χ0v) is 12.2. The molecule has 0 aliphatic carbocycles. The van der Waals surface area contributed by atoms with Gasteiger partial charge in [-0.25, -0.2) is 0 Å². The van der Waals surface area contributed by atoms with Crippen LogP contribution in [0.1, 0.15) is 13.3 Å². The molecule has 2 heterocycles. The molecule has 114 valence electrons. The summed E-state index contributed by atoms with van der Waals surface area (Å²) >= 11 is 0. The van der Waals surface area contributed by atoms with Crippen LogP contribution in [-0.2, 0) is 4.79 Å².